The summed E-state index contributed by atoms with van der Waals surface area (Å²) in [6, 6.07) is 7.53. The van der Waals surface area contributed by atoms with Crippen LogP contribution in [-0.2, 0) is 14.8 Å². The number of aliphatic hydroxyl groups is 1. The molecular weight excluding hydrogens is 531 g/mol. The van der Waals surface area contributed by atoms with Gasteiger partial charge in [0.15, 0.2) is 12.0 Å². The van der Waals surface area contributed by atoms with E-state index in [9.17, 15) is 32.7 Å². The van der Waals surface area contributed by atoms with Gasteiger partial charge in [0, 0.05) is 30.6 Å². The van der Waals surface area contributed by atoms with E-state index < -0.39 is 50.9 Å². The lowest BCUT2D eigenvalue weighted by Crippen LogP contribution is -2.54. The van der Waals surface area contributed by atoms with Gasteiger partial charge in [0.25, 0.3) is 5.91 Å². The molecule has 2 amide bonds. The van der Waals surface area contributed by atoms with Gasteiger partial charge >= 0.3 is 15.0 Å². The Hall–Kier alpha value is -3.55. The van der Waals surface area contributed by atoms with Crippen LogP contribution in [0.4, 0.5) is 4.39 Å². The first-order valence-corrected chi connectivity index (χ1v) is 14.1. The molecule has 1 aliphatic heterocycles. The van der Waals surface area contributed by atoms with E-state index in [-0.39, 0.29) is 42.3 Å². The molecule has 3 aromatic rings. The van der Waals surface area contributed by atoms with Crippen LogP contribution in [0.3, 0.4) is 0 Å². The van der Waals surface area contributed by atoms with Crippen molar-refractivity contribution in [3.63, 3.8) is 0 Å². The second kappa shape index (κ2) is 11.7. The van der Waals surface area contributed by atoms with Gasteiger partial charge in [-0.05, 0) is 55.5 Å². The van der Waals surface area contributed by atoms with Crippen LogP contribution in [-0.4, -0.2) is 60.9 Å². The van der Waals surface area contributed by atoms with Gasteiger partial charge in [0.05, 0.1) is 12.1 Å². The lowest BCUT2D eigenvalue weighted by molar-refractivity contribution is -0.646. The maximum Gasteiger partial charge on any atom is 0.323 e. The van der Waals surface area contributed by atoms with Gasteiger partial charge in [-0.15, -0.1) is 0 Å². The summed E-state index contributed by atoms with van der Waals surface area (Å²) in [5, 5.41) is 28.2. The van der Waals surface area contributed by atoms with Crippen molar-refractivity contribution in [1.82, 2.24) is 14.9 Å². The molecule has 1 aliphatic rings. The van der Waals surface area contributed by atoms with Gasteiger partial charge in [0.2, 0.25) is 5.91 Å². The zero-order valence-electron chi connectivity index (χ0n) is 21.5. The van der Waals surface area contributed by atoms with Crippen molar-refractivity contribution in [2.75, 3.05) is 13.1 Å². The zero-order chi connectivity index (χ0) is 28.3. The number of aromatic nitrogens is 1. The summed E-state index contributed by atoms with van der Waals surface area (Å²) >= 11 is 0. The number of sulfonamides is 1. The molecule has 1 saturated heterocycles. The van der Waals surface area contributed by atoms with Gasteiger partial charge in [-0.2, -0.15) is 9.04 Å². The van der Waals surface area contributed by atoms with E-state index in [1.807, 2.05) is 13.8 Å². The number of benzene rings is 1. The van der Waals surface area contributed by atoms with Crippen LogP contribution in [0.25, 0.3) is 11.0 Å². The van der Waals surface area contributed by atoms with Crippen molar-refractivity contribution in [2.24, 2.45) is 5.92 Å². The molecule has 0 radical (unpaired) electrons. The maximum atomic E-state index is 13.5. The number of furan rings is 1. The fourth-order valence-electron chi connectivity index (χ4n) is 4.58. The highest BCUT2D eigenvalue weighted by Crippen LogP contribution is 2.22. The van der Waals surface area contributed by atoms with Crippen molar-refractivity contribution in [3.8, 4) is 0 Å². The molecule has 3 heterocycles. The summed E-state index contributed by atoms with van der Waals surface area (Å²) in [6.45, 7) is 3.50. The second-order valence-corrected chi connectivity index (χ2v) is 11.9. The molecule has 0 aliphatic carbocycles. The van der Waals surface area contributed by atoms with E-state index in [1.165, 1.54) is 42.5 Å². The minimum atomic E-state index is -4.17. The van der Waals surface area contributed by atoms with Crippen molar-refractivity contribution < 1.29 is 36.7 Å². The first-order chi connectivity index (χ1) is 18.5. The SMILES string of the molecule is CC(C)CC(NC(=O)c1cc2cc(F)ccc2o1)C(=O)NC1CCCN(S(=O)(=O)c2cccc[n+]2[O-])C[C@@H]1O. The first-order valence-electron chi connectivity index (χ1n) is 12.6. The molecule has 3 N–H and O–H groups in total. The molecule has 1 fully saturated rings. The highest BCUT2D eigenvalue weighted by atomic mass is 32.2. The highest BCUT2D eigenvalue weighted by molar-refractivity contribution is 7.88. The van der Waals surface area contributed by atoms with E-state index in [1.54, 1.807) is 0 Å². The van der Waals surface area contributed by atoms with Crippen LogP contribution in [0.15, 0.2) is 58.1 Å². The molecule has 210 valence electrons. The Kier molecular flexibility index (Phi) is 8.52. The zero-order valence-corrected chi connectivity index (χ0v) is 22.4. The van der Waals surface area contributed by atoms with Gasteiger partial charge in [-0.25, -0.2) is 12.8 Å². The molecule has 0 spiro atoms. The Balaban J connectivity index is 1.45. The number of amides is 2. The first kappa shape index (κ1) is 28.5. The summed E-state index contributed by atoms with van der Waals surface area (Å²) in [5.74, 6) is -1.73. The van der Waals surface area contributed by atoms with E-state index in [0.717, 1.165) is 10.5 Å². The Morgan fingerprint density at radius 2 is 2.03 bits per heavy atom. The fraction of sp³-hybridized carbons (Fsp3) is 0.423. The van der Waals surface area contributed by atoms with Crippen molar-refractivity contribution in [1.29, 1.82) is 0 Å². The molecule has 0 saturated carbocycles. The molecule has 1 aromatic carbocycles. The molecule has 2 unspecified atom stereocenters. The standard InChI is InChI=1S/C26H31FN4O7S/c1-16(2)12-20(29-26(34)23-14-17-13-18(27)8-9-22(17)38-23)25(33)28-19-6-5-10-30(15-21(19)32)39(36,37)24-7-3-4-11-31(24)35/h3-4,7-9,11,13-14,16,19-21,32H,5-6,10,12,15H2,1-2H3,(H,28,33)(H,29,34)/t19?,20?,21-/m0/s1. The van der Waals surface area contributed by atoms with Crippen LogP contribution in [0.1, 0.15) is 43.7 Å². The predicted molar refractivity (Wildman–Crippen MR) is 138 cm³/mol. The van der Waals surface area contributed by atoms with Gasteiger partial charge in [-0.1, -0.05) is 13.8 Å². The van der Waals surface area contributed by atoms with E-state index in [2.05, 4.69) is 10.6 Å². The largest absolute Gasteiger partial charge is 0.618 e. The molecule has 39 heavy (non-hydrogen) atoms. The number of hydrogen-bond donors (Lipinski definition) is 3. The Labute approximate surface area is 225 Å². The third-order valence-corrected chi connectivity index (χ3v) is 8.39. The molecular formula is C26H31FN4O7S. The van der Waals surface area contributed by atoms with Gasteiger partial charge in [0.1, 0.15) is 17.4 Å². The number of rotatable bonds is 8. The third-order valence-electron chi connectivity index (χ3n) is 6.53. The smallest absolute Gasteiger partial charge is 0.323 e. The number of fused-ring (bicyclic) bond motifs is 1. The predicted octanol–water partition coefficient (Wildman–Crippen LogP) is 1.68. The Morgan fingerprint density at radius 3 is 2.74 bits per heavy atom. The van der Waals surface area contributed by atoms with Crippen LogP contribution in [0, 0.1) is 16.9 Å². The molecule has 0 bridgehead atoms. The van der Waals surface area contributed by atoms with Gasteiger partial charge in [-0.3, -0.25) is 9.59 Å². The number of pyridine rings is 1. The quantitative estimate of drug-likeness (QED) is 0.279. The maximum absolute atomic E-state index is 13.5. The topological polar surface area (TPSA) is 156 Å². The minimum absolute atomic E-state index is 0.0233. The average molecular weight is 563 g/mol. The average Bonchev–Trinajstić information content (AvgIpc) is 3.20. The van der Waals surface area contributed by atoms with Crippen LogP contribution in [0.2, 0.25) is 0 Å². The molecule has 13 heteroatoms. The third kappa shape index (κ3) is 6.54. The number of hydrogen-bond acceptors (Lipinski definition) is 7. The number of nitrogens with one attached hydrogen (secondary N) is 2. The molecule has 4 rings (SSSR count). The van der Waals surface area contributed by atoms with Crippen LogP contribution < -0.4 is 15.4 Å². The van der Waals surface area contributed by atoms with Crippen molar-refractivity contribution in [3.05, 3.63) is 65.4 Å². The number of carbonyl (C=O) groups is 2. The summed E-state index contributed by atoms with van der Waals surface area (Å²) in [7, 11) is -4.17. The van der Waals surface area contributed by atoms with E-state index in [0.29, 0.717) is 17.4 Å². The van der Waals surface area contributed by atoms with Gasteiger partial charge < -0.3 is 25.4 Å². The lowest BCUT2D eigenvalue weighted by Gasteiger charge is -2.27. The van der Waals surface area contributed by atoms with E-state index in [4.69, 9.17) is 4.42 Å². The van der Waals surface area contributed by atoms with Crippen LogP contribution >= 0.6 is 0 Å². The van der Waals surface area contributed by atoms with Crippen molar-refractivity contribution in [2.45, 2.75) is 56.3 Å². The fourth-order valence-corrected chi connectivity index (χ4v) is 6.10. The normalized spacial score (nSPS) is 19.5. The number of halogens is 1. The minimum Gasteiger partial charge on any atom is -0.618 e. The Morgan fingerprint density at radius 1 is 1.26 bits per heavy atom. The summed E-state index contributed by atoms with van der Waals surface area (Å²) in [6.07, 6.45) is 0.715. The highest BCUT2D eigenvalue weighted by Gasteiger charge is 2.37. The van der Waals surface area contributed by atoms with E-state index >= 15 is 0 Å². The second-order valence-electron chi connectivity index (χ2n) is 10.0. The number of carbonyl (C=O) groups excluding carboxylic acids is 2. The monoisotopic (exact) mass is 562 g/mol. The summed E-state index contributed by atoms with van der Waals surface area (Å²) < 4.78 is 46.4. The molecule has 2 aromatic heterocycles. The number of nitrogens with zero attached hydrogens (tertiary/aromatic N) is 2. The summed E-state index contributed by atoms with van der Waals surface area (Å²) in [5.41, 5.74) is 0.325. The lowest BCUT2D eigenvalue weighted by atomic mass is 10.0. The van der Waals surface area contributed by atoms with Crippen LogP contribution in [0.5, 0.6) is 0 Å². The molecule has 11 nitrogen and oxygen atoms in total. The number of aliphatic hydroxyl groups excluding tert-OH is 1. The van der Waals surface area contributed by atoms with Crippen molar-refractivity contribution >= 4 is 32.8 Å². The summed E-state index contributed by atoms with van der Waals surface area (Å²) in [4.78, 5) is 26.1. The molecule has 3 atom stereocenters. The Bertz CT molecular complexity index is 1460. The number of β-amino-alcohol motifs (C(OH)–C–C–N with tert-alkyl or cyclic N) is 1.